The van der Waals surface area contributed by atoms with Crippen molar-refractivity contribution in [2.75, 3.05) is 19.7 Å². The number of amides is 1. The molecule has 5 heteroatoms. The van der Waals surface area contributed by atoms with Crippen LogP contribution in [0.25, 0.3) is 11.1 Å². The maximum absolute atomic E-state index is 13.2. The molecule has 1 unspecified atom stereocenters. The van der Waals surface area contributed by atoms with Crippen molar-refractivity contribution in [3.63, 3.8) is 0 Å². The van der Waals surface area contributed by atoms with Gasteiger partial charge in [0.25, 0.3) is 5.91 Å². The lowest BCUT2D eigenvalue weighted by atomic mass is 10.0. The van der Waals surface area contributed by atoms with Crippen LogP contribution in [-0.2, 0) is 4.74 Å². The molecule has 1 aliphatic heterocycles. The Hall–Kier alpha value is -3.31. The summed E-state index contributed by atoms with van der Waals surface area (Å²) in [5.74, 6) is -0.482. The van der Waals surface area contributed by atoms with Crippen molar-refractivity contribution in [2.24, 2.45) is 0 Å². The number of fused-ring (bicyclic) bond motifs is 3. The number of hydrogen-bond acceptors (Lipinski definition) is 3. The number of rotatable bonds is 2. The fourth-order valence-electron chi connectivity index (χ4n) is 4.06. The van der Waals surface area contributed by atoms with Gasteiger partial charge in [-0.1, -0.05) is 42.5 Å². The van der Waals surface area contributed by atoms with E-state index in [2.05, 4.69) is 0 Å². The Kier molecular flexibility index (Phi) is 4.25. The minimum Gasteiger partial charge on any atom is -0.370 e. The topological polar surface area (TPSA) is 46.6 Å². The highest BCUT2D eigenvalue weighted by Gasteiger charge is 2.30. The zero-order valence-electron chi connectivity index (χ0n) is 15.6. The first-order valence-electron chi connectivity index (χ1n) is 9.56. The van der Waals surface area contributed by atoms with E-state index >= 15 is 0 Å². The van der Waals surface area contributed by atoms with Crippen LogP contribution in [0.5, 0.6) is 0 Å². The van der Waals surface area contributed by atoms with Gasteiger partial charge < -0.3 is 9.64 Å². The second-order valence-electron chi connectivity index (χ2n) is 7.30. The summed E-state index contributed by atoms with van der Waals surface area (Å²) in [6.07, 6.45) is -0.298. The molecule has 1 heterocycles. The monoisotopic (exact) mass is 387 g/mol. The SMILES string of the molecule is O=C1c2ccccc2-c2ccc(C(=O)N3CCOC(c4ccc(F)cc4)C3)cc21. The number of benzene rings is 3. The quantitative estimate of drug-likeness (QED) is 0.517. The fraction of sp³-hybridized carbons (Fsp3) is 0.167. The number of ketones is 1. The van der Waals surface area contributed by atoms with Crippen LogP contribution in [0.4, 0.5) is 4.39 Å². The predicted octanol–water partition coefficient (Wildman–Crippen LogP) is 4.25. The van der Waals surface area contributed by atoms with Crippen LogP contribution in [0.3, 0.4) is 0 Å². The molecule has 0 N–H and O–H groups in total. The van der Waals surface area contributed by atoms with Crippen molar-refractivity contribution in [1.82, 2.24) is 4.90 Å². The summed E-state index contributed by atoms with van der Waals surface area (Å²) in [4.78, 5) is 27.6. The first-order chi connectivity index (χ1) is 14.1. The Labute approximate surface area is 167 Å². The number of halogens is 1. The predicted molar refractivity (Wildman–Crippen MR) is 106 cm³/mol. The smallest absolute Gasteiger partial charge is 0.254 e. The Morgan fingerprint density at radius 2 is 1.66 bits per heavy atom. The van der Waals surface area contributed by atoms with Gasteiger partial charge in [-0.15, -0.1) is 0 Å². The van der Waals surface area contributed by atoms with E-state index < -0.39 is 0 Å². The molecule has 1 fully saturated rings. The lowest BCUT2D eigenvalue weighted by Gasteiger charge is -2.33. The number of carbonyl (C=O) groups excluding carboxylic acids is 2. The van der Waals surface area contributed by atoms with E-state index in [4.69, 9.17) is 4.74 Å². The van der Waals surface area contributed by atoms with E-state index in [1.54, 1.807) is 29.2 Å². The van der Waals surface area contributed by atoms with Crippen LogP contribution in [0.15, 0.2) is 66.7 Å². The third-order valence-corrected chi connectivity index (χ3v) is 5.57. The standard InChI is InChI=1S/C24H18FNO3/c25-17-8-5-15(6-9-17)22-14-26(11-12-29-22)24(28)16-7-10-19-18-3-1-2-4-20(18)23(27)21(19)13-16/h1-10,13,22H,11-12,14H2. The Morgan fingerprint density at radius 1 is 0.931 bits per heavy atom. The van der Waals surface area contributed by atoms with Crippen molar-refractivity contribution in [3.05, 3.63) is 94.8 Å². The molecule has 3 aromatic rings. The van der Waals surface area contributed by atoms with E-state index in [1.165, 1.54) is 12.1 Å². The van der Waals surface area contributed by atoms with Gasteiger partial charge >= 0.3 is 0 Å². The first kappa shape index (κ1) is 17.8. The number of nitrogens with zero attached hydrogens (tertiary/aromatic N) is 1. The van der Waals surface area contributed by atoms with E-state index in [-0.39, 0.29) is 23.6 Å². The van der Waals surface area contributed by atoms with Crippen LogP contribution in [0.1, 0.15) is 37.9 Å². The summed E-state index contributed by atoms with van der Waals surface area (Å²) in [7, 11) is 0. The third kappa shape index (κ3) is 3.04. The Morgan fingerprint density at radius 3 is 2.45 bits per heavy atom. The molecule has 0 aromatic heterocycles. The van der Waals surface area contributed by atoms with Crippen molar-refractivity contribution >= 4 is 11.7 Å². The van der Waals surface area contributed by atoms with Crippen molar-refractivity contribution in [3.8, 4) is 11.1 Å². The molecular formula is C24H18FNO3. The molecule has 4 nitrogen and oxygen atoms in total. The minimum atomic E-state index is -0.304. The fourth-order valence-corrected chi connectivity index (χ4v) is 4.06. The molecule has 144 valence electrons. The number of ether oxygens (including phenoxy) is 1. The van der Waals surface area contributed by atoms with E-state index in [0.717, 1.165) is 16.7 Å². The zero-order chi connectivity index (χ0) is 20.0. The van der Waals surface area contributed by atoms with Crippen molar-refractivity contribution in [2.45, 2.75) is 6.10 Å². The van der Waals surface area contributed by atoms with Crippen LogP contribution in [-0.4, -0.2) is 36.3 Å². The maximum Gasteiger partial charge on any atom is 0.254 e. The maximum atomic E-state index is 13.2. The average Bonchev–Trinajstić information content (AvgIpc) is 3.06. The number of carbonyl (C=O) groups is 2. The number of hydrogen-bond donors (Lipinski definition) is 0. The molecule has 0 radical (unpaired) electrons. The Balaban J connectivity index is 1.40. The van der Waals surface area contributed by atoms with Gasteiger partial charge in [0.2, 0.25) is 0 Å². The molecule has 0 spiro atoms. The molecule has 1 saturated heterocycles. The molecule has 3 aromatic carbocycles. The van der Waals surface area contributed by atoms with Gasteiger partial charge in [-0.25, -0.2) is 4.39 Å². The highest BCUT2D eigenvalue weighted by molar-refractivity contribution is 6.22. The highest BCUT2D eigenvalue weighted by atomic mass is 19.1. The van der Waals surface area contributed by atoms with Crippen LogP contribution in [0.2, 0.25) is 0 Å². The summed E-state index contributed by atoms with van der Waals surface area (Å²) in [6.45, 7) is 1.26. The molecule has 2 aliphatic rings. The second-order valence-corrected chi connectivity index (χ2v) is 7.30. The van der Waals surface area contributed by atoms with Gasteiger partial charge in [-0.3, -0.25) is 9.59 Å². The van der Waals surface area contributed by atoms with Gasteiger partial charge in [-0.2, -0.15) is 0 Å². The van der Waals surface area contributed by atoms with E-state index in [0.29, 0.717) is 36.4 Å². The van der Waals surface area contributed by atoms with Crippen LogP contribution >= 0.6 is 0 Å². The van der Waals surface area contributed by atoms with Crippen LogP contribution in [0, 0.1) is 5.82 Å². The molecule has 0 saturated carbocycles. The van der Waals surface area contributed by atoms with Gasteiger partial charge in [0.15, 0.2) is 5.78 Å². The first-order valence-corrected chi connectivity index (χ1v) is 9.56. The lowest BCUT2D eigenvalue weighted by molar-refractivity contribution is -0.0228. The van der Waals surface area contributed by atoms with Crippen molar-refractivity contribution in [1.29, 1.82) is 0 Å². The van der Waals surface area contributed by atoms with E-state index in [9.17, 15) is 14.0 Å². The normalized spacial score (nSPS) is 17.8. The summed E-state index contributed by atoms with van der Waals surface area (Å²) >= 11 is 0. The minimum absolute atomic E-state index is 0.0450. The van der Waals surface area contributed by atoms with Crippen molar-refractivity contribution < 1.29 is 18.7 Å². The molecule has 1 aliphatic carbocycles. The molecule has 1 atom stereocenters. The summed E-state index contributed by atoms with van der Waals surface area (Å²) < 4.78 is 19.0. The molecular weight excluding hydrogens is 369 g/mol. The summed E-state index contributed by atoms with van der Waals surface area (Å²) in [6, 6.07) is 19.0. The van der Waals surface area contributed by atoms with Gasteiger partial charge in [0.05, 0.1) is 13.2 Å². The zero-order valence-corrected chi connectivity index (χ0v) is 15.6. The lowest BCUT2D eigenvalue weighted by Crippen LogP contribution is -2.42. The highest BCUT2D eigenvalue weighted by Crippen LogP contribution is 2.37. The summed E-state index contributed by atoms with van der Waals surface area (Å²) in [5, 5.41) is 0. The van der Waals surface area contributed by atoms with Gasteiger partial charge in [-0.05, 0) is 41.0 Å². The molecule has 1 amide bonds. The molecule has 5 rings (SSSR count). The molecule has 29 heavy (non-hydrogen) atoms. The molecule has 0 bridgehead atoms. The Bertz CT molecular complexity index is 1120. The third-order valence-electron chi connectivity index (χ3n) is 5.57. The van der Waals surface area contributed by atoms with Gasteiger partial charge in [0.1, 0.15) is 11.9 Å². The average molecular weight is 387 g/mol. The summed E-state index contributed by atoms with van der Waals surface area (Å²) in [5.41, 5.74) is 4.35. The number of morpholine rings is 1. The van der Waals surface area contributed by atoms with Crippen LogP contribution < -0.4 is 0 Å². The largest absolute Gasteiger partial charge is 0.370 e. The van der Waals surface area contributed by atoms with E-state index in [1.807, 2.05) is 30.3 Å². The van der Waals surface area contributed by atoms with Gasteiger partial charge in [0, 0.05) is 23.2 Å². The second kappa shape index (κ2) is 6.94.